The standard InChI is InChI=1S/C19H31N5O2/c1-15(2)13-24-9-10-26-17(14-24)11-21-19(20-3)22-12-18(25)23-16-7-5-4-6-8-16/h4-8,15,17H,9-14H2,1-3H3,(H,23,25)(H2,20,21,22). The fraction of sp³-hybridized carbons (Fsp3) is 0.579. The summed E-state index contributed by atoms with van der Waals surface area (Å²) in [7, 11) is 1.69. The van der Waals surface area contributed by atoms with Gasteiger partial charge in [0.05, 0.1) is 19.3 Å². The van der Waals surface area contributed by atoms with Gasteiger partial charge in [-0.1, -0.05) is 32.0 Å². The van der Waals surface area contributed by atoms with Gasteiger partial charge in [-0.3, -0.25) is 14.7 Å². The molecule has 1 unspecified atom stereocenters. The van der Waals surface area contributed by atoms with Crippen LogP contribution >= 0.6 is 0 Å². The van der Waals surface area contributed by atoms with Crippen LogP contribution in [0.15, 0.2) is 35.3 Å². The molecule has 144 valence electrons. The molecule has 7 heteroatoms. The number of guanidine groups is 1. The summed E-state index contributed by atoms with van der Waals surface area (Å²) in [5.41, 5.74) is 0.781. The van der Waals surface area contributed by atoms with Gasteiger partial charge in [0, 0.05) is 38.9 Å². The Morgan fingerprint density at radius 2 is 2.08 bits per heavy atom. The van der Waals surface area contributed by atoms with E-state index in [0.717, 1.165) is 31.9 Å². The summed E-state index contributed by atoms with van der Waals surface area (Å²) >= 11 is 0. The first-order valence-corrected chi connectivity index (χ1v) is 9.20. The average molecular weight is 361 g/mol. The van der Waals surface area contributed by atoms with Crippen LogP contribution in [0.5, 0.6) is 0 Å². The van der Waals surface area contributed by atoms with E-state index in [0.29, 0.717) is 18.4 Å². The minimum atomic E-state index is -0.115. The third-order valence-corrected chi connectivity index (χ3v) is 4.04. The van der Waals surface area contributed by atoms with Crippen LogP contribution in [-0.2, 0) is 9.53 Å². The first-order valence-electron chi connectivity index (χ1n) is 9.20. The highest BCUT2D eigenvalue weighted by molar-refractivity contribution is 5.94. The van der Waals surface area contributed by atoms with Crippen LogP contribution < -0.4 is 16.0 Å². The van der Waals surface area contributed by atoms with Gasteiger partial charge >= 0.3 is 0 Å². The number of ether oxygens (including phenoxy) is 1. The molecule has 1 aromatic carbocycles. The molecule has 1 atom stereocenters. The highest BCUT2D eigenvalue weighted by atomic mass is 16.5. The average Bonchev–Trinajstić information content (AvgIpc) is 2.62. The van der Waals surface area contributed by atoms with Gasteiger partial charge in [-0.05, 0) is 18.1 Å². The Morgan fingerprint density at radius 1 is 1.31 bits per heavy atom. The molecule has 0 aromatic heterocycles. The maximum atomic E-state index is 12.0. The van der Waals surface area contributed by atoms with Crippen molar-refractivity contribution in [1.29, 1.82) is 0 Å². The fourth-order valence-electron chi connectivity index (χ4n) is 2.91. The highest BCUT2D eigenvalue weighted by Crippen LogP contribution is 2.07. The van der Waals surface area contributed by atoms with E-state index in [2.05, 4.69) is 39.7 Å². The molecule has 1 aliphatic heterocycles. The van der Waals surface area contributed by atoms with Gasteiger partial charge < -0.3 is 20.7 Å². The second-order valence-electron chi connectivity index (χ2n) is 6.87. The minimum absolute atomic E-state index is 0.115. The third-order valence-electron chi connectivity index (χ3n) is 4.04. The molecular formula is C19H31N5O2. The van der Waals surface area contributed by atoms with Crippen molar-refractivity contribution in [3.8, 4) is 0 Å². The minimum Gasteiger partial charge on any atom is -0.374 e. The molecule has 1 heterocycles. The second kappa shape index (κ2) is 10.8. The Kier molecular flexibility index (Phi) is 8.37. The number of nitrogens with zero attached hydrogens (tertiary/aromatic N) is 2. The van der Waals surface area contributed by atoms with E-state index in [1.165, 1.54) is 0 Å². The van der Waals surface area contributed by atoms with E-state index >= 15 is 0 Å². The van der Waals surface area contributed by atoms with Gasteiger partial charge in [0.2, 0.25) is 5.91 Å². The molecule has 0 bridgehead atoms. The Hall–Kier alpha value is -2.12. The smallest absolute Gasteiger partial charge is 0.243 e. The fourth-order valence-corrected chi connectivity index (χ4v) is 2.91. The first kappa shape index (κ1) is 20.2. The number of rotatable bonds is 7. The number of morpholine rings is 1. The van der Waals surface area contributed by atoms with Gasteiger partial charge in [0.25, 0.3) is 0 Å². The predicted molar refractivity (Wildman–Crippen MR) is 105 cm³/mol. The molecule has 1 aliphatic rings. The Morgan fingerprint density at radius 3 is 2.77 bits per heavy atom. The van der Waals surface area contributed by atoms with E-state index in [1.54, 1.807) is 7.05 Å². The summed E-state index contributed by atoms with van der Waals surface area (Å²) in [5, 5.41) is 9.10. The molecule has 2 rings (SSSR count). The molecule has 26 heavy (non-hydrogen) atoms. The number of carbonyl (C=O) groups excluding carboxylic acids is 1. The quantitative estimate of drug-likeness (QED) is 0.502. The van der Waals surface area contributed by atoms with Crippen LogP contribution in [0.2, 0.25) is 0 Å². The van der Waals surface area contributed by atoms with Crippen molar-refractivity contribution in [3.05, 3.63) is 30.3 Å². The lowest BCUT2D eigenvalue weighted by atomic mass is 10.2. The van der Waals surface area contributed by atoms with Crippen LogP contribution in [-0.4, -0.2) is 69.2 Å². The molecule has 3 N–H and O–H groups in total. The molecule has 0 aliphatic carbocycles. The lowest BCUT2D eigenvalue weighted by molar-refractivity contribution is -0.115. The zero-order chi connectivity index (χ0) is 18.8. The van der Waals surface area contributed by atoms with Crippen molar-refractivity contribution in [2.24, 2.45) is 10.9 Å². The Bertz CT molecular complexity index is 577. The number of amides is 1. The SMILES string of the molecule is CN=C(NCC(=O)Nc1ccccc1)NCC1CN(CC(C)C)CCO1. The number of nitrogens with one attached hydrogen (secondary N) is 3. The van der Waals surface area contributed by atoms with E-state index in [1.807, 2.05) is 30.3 Å². The zero-order valence-electron chi connectivity index (χ0n) is 16.0. The molecule has 0 radical (unpaired) electrons. The summed E-state index contributed by atoms with van der Waals surface area (Å²) in [6.45, 7) is 9.02. The number of carbonyl (C=O) groups is 1. The summed E-state index contributed by atoms with van der Waals surface area (Å²) in [6, 6.07) is 9.39. The van der Waals surface area contributed by atoms with Crippen LogP contribution in [0.25, 0.3) is 0 Å². The van der Waals surface area contributed by atoms with E-state index < -0.39 is 0 Å². The van der Waals surface area contributed by atoms with E-state index in [9.17, 15) is 4.79 Å². The number of hydrogen-bond acceptors (Lipinski definition) is 4. The normalized spacial score (nSPS) is 18.6. The van der Waals surface area contributed by atoms with Crippen LogP contribution in [0.3, 0.4) is 0 Å². The van der Waals surface area contributed by atoms with Crippen LogP contribution in [0.1, 0.15) is 13.8 Å². The largest absolute Gasteiger partial charge is 0.374 e. The highest BCUT2D eigenvalue weighted by Gasteiger charge is 2.21. The molecule has 0 spiro atoms. The monoisotopic (exact) mass is 361 g/mol. The van der Waals surface area contributed by atoms with Gasteiger partial charge in [-0.2, -0.15) is 0 Å². The summed E-state index contributed by atoms with van der Waals surface area (Å²) in [4.78, 5) is 18.6. The summed E-state index contributed by atoms with van der Waals surface area (Å²) in [6.07, 6.45) is 0.124. The third kappa shape index (κ3) is 7.41. The van der Waals surface area contributed by atoms with Crippen LogP contribution in [0, 0.1) is 5.92 Å². The Balaban J connectivity index is 1.69. The van der Waals surface area contributed by atoms with Crippen LogP contribution in [0.4, 0.5) is 5.69 Å². The number of para-hydroxylation sites is 1. The number of anilines is 1. The predicted octanol–water partition coefficient (Wildman–Crippen LogP) is 1.15. The molecule has 1 amide bonds. The van der Waals surface area contributed by atoms with Crippen molar-refractivity contribution in [3.63, 3.8) is 0 Å². The molecule has 7 nitrogen and oxygen atoms in total. The molecule has 1 saturated heterocycles. The van der Waals surface area contributed by atoms with Crippen molar-refractivity contribution < 1.29 is 9.53 Å². The lowest BCUT2D eigenvalue weighted by Crippen LogP contribution is -2.50. The number of hydrogen-bond donors (Lipinski definition) is 3. The lowest BCUT2D eigenvalue weighted by Gasteiger charge is -2.34. The maximum absolute atomic E-state index is 12.0. The zero-order valence-corrected chi connectivity index (χ0v) is 16.0. The van der Waals surface area contributed by atoms with E-state index in [4.69, 9.17) is 4.74 Å². The molecule has 1 aromatic rings. The van der Waals surface area contributed by atoms with E-state index in [-0.39, 0.29) is 18.6 Å². The molecule has 0 saturated carbocycles. The van der Waals surface area contributed by atoms with Gasteiger partial charge in [0.1, 0.15) is 0 Å². The van der Waals surface area contributed by atoms with Crippen molar-refractivity contribution in [2.75, 3.05) is 51.7 Å². The summed E-state index contributed by atoms with van der Waals surface area (Å²) < 4.78 is 5.82. The topological polar surface area (TPSA) is 78.0 Å². The maximum Gasteiger partial charge on any atom is 0.243 e. The number of aliphatic imine (C=N–C) groups is 1. The number of benzene rings is 1. The van der Waals surface area contributed by atoms with Crippen molar-refractivity contribution in [1.82, 2.24) is 15.5 Å². The summed E-state index contributed by atoms with van der Waals surface area (Å²) in [5.74, 6) is 1.13. The molecular weight excluding hydrogens is 330 g/mol. The first-order chi connectivity index (χ1) is 12.6. The Labute approximate surface area is 156 Å². The van der Waals surface area contributed by atoms with Gasteiger partial charge in [-0.15, -0.1) is 0 Å². The second-order valence-corrected chi connectivity index (χ2v) is 6.87. The van der Waals surface area contributed by atoms with Gasteiger partial charge in [-0.25, -0.2) is 0 Å². The molecule has 1 fully saturated rings. The van der Waals surface area contributed by atoms with Gasteiger partial charge in [0.15, 0.2) is 5.96 Å². The van der Waals surface area contributed by atoms with Crippen molar-refractivity contribution in [2.45, 2.75) is 20.0 Å². The van der Waals surface area contributed by atoms with Crippen molar-refractivity contribution >= 4 is 17.6 Å².